The second-order valence-electron chi connectivity index (χ2n) is 4.61. The number of carbonyl (C=O) groups excluding carboxylic acids is 1. The minimum absolute atomic E-state index is 0.0271. The molecule has 0 aliphatic carbocycles. The number of rotatable bonds is 3. The average Bonchev–Trinajstić information content (AvgIpc) is 2.86. The number of likely N-dealkylation sites (N-methyl/N-ethyl adjacent to an activating group) is 1. The van der Waals surface area contributed by atoms with Crippen LogP contribution in [0.2, 0.25) is 0 Å². The molecule has 2 rings (SSSR count). The molecule has 0 bridgehead atoms. The van der Waals surface area contributed by atoms with Gasteiger partial charge >= 0.3 is 0 Å². The number of amides is 1. The number of anilines is 1. The van der Waals surface area contributed by atoms with Gasteiger partial charge in [0.2, 0.25) is 15.9 Å². The Morgan fingerprint density at radius 2 is 2.15 bits per heavy atom. The number of benzene rings is 1. The van der Waals surface area contributed by atoms with Crippen LogP contribution in [0.4, 0.5) is 10.1 Å². The molecule has 1 fully saturated rings. The van der Waals surface area contributed by atoms with E-state index in [2.05, 4.69) is 5.32 Å². The summed E-state index contributed by atoms with van der Waals surface area (Å²) in [5.74, 6) is -1.09. The molecule has 0 spiro atoms. The van der Waals surface area contributed by atoms with Gasteiger partial charge in [0.1, 0.15) is 11.9 Å². The molecule has 0 saturated carbocycles. The van der Waals surface area contributed by atoms with E-state index in [-0.39, 0.29) is 23.0 Å². The van der Waals surface area contributed by atoms with Gasteiger partial charge in [-0.15, -0.1) is 0 Å². The number of carbonyl (C=O) groups is 1. The third kappa shape index (κ3) is 2.61. The highest BCUT2D eigenvalue weighted by Crippen LogP contribution is 2.27. The first-order chi connectivity index (χ1) is 9.36. The van der Waals surface area contributed by atoms with Crippen molar-refractivity contribution in [1.82, 2.24) is 9.62 Å². The number of sulfonamides is 1. The number of nitrogens with one attached hydrogen (secondary N) is 1. The van der Waals surface area contributed by atoms with Crippen molar-refractivity contribution in [2.24, 2.45) is 0 Å². The number of hydrogen-bond donors (Lipinski definition) is 2. The van der Waals surface area contributed by atoms with Gasteiger partial charge in [0, 0.05) is 19.3 Å². The predicted octanol–water partition coefficient (Wildman–Crippen LogP) is 0.307. The van der Waals surface area contributed by atoms with Crippen molar-refractivity contribution in [1.29, 1.82) is 0 Å². The van der Waals surface area contributed by atoms with Crippen molar-refractivity contribution >= 4 is 21.6 Å². The van der Waals surface area contributed by atoms with Crippen LogP contribution in [0.15, 0.2) is 23.1 Å². The Kier molecular flexibility index (Phi) is 3.96. The zero-order chi connectivity index (χ0) is 14.9. The molecule has 1 unspecified atom stereocenters. The maximum atomic E-state index is 13.3. The summed E-state index contributed by atoms with van der Waals surface area (Å²) < 4.78 is 39.4. The maximum absolute atomic E-state index is 13.3. The van der Waals surface area contributed by atoms with Crippen LogP contribution in [-0.4, -0.2) is 38.3 Å². The molecule has 1 amide bonds. The summed E-state index contributed by atoms with van der Waals surface area (Å²) in [5.41, 5.74) is 5.50. The molecule has 1 saturated heterocycles. The smallest absolute Gasteiger partial charge is 0.243 e. The van der Waals surface area contributed by atoms with Crippen LogP contribution < -0.4 is 11.1 Å². The topological polar surface area (TPSA) is 92.5 Å². The van der Waals surface area contributed by atoms with E-state index in [1.54, 1.807) is 0 Å². The number of hydrogen-bond acceptors (Lipinski definition) is 4. The molecule has 1 aliphatic heterocycles. The molecular formula is C12H16FN3O3S. The molecule has 0 radical (unpaired) electrons. The molecule has 1 aliphatic rings. The van der Waals surface area contributed by atoms with E-state index in [0.29, 0.717) is 12.8 Å². The van der Waals surface area contributed by atoms with E-state index in [1.807, 2.05) is 0 Å². The molecule has 1 heterocycles. The van der Waals surface area contributed by atoms with Crippen LogP contribution in [0.25, 0.3) is 0 Å². The van der Waals surface area contributed by atoms with Gasteiger partial charge in [0.25, 0.3) is 0 Å². The largest absolute Gasteiger partial charge is 0.399 e. The van der Waals surface area contributed by atoms with Gasteiger partial charge in [0.15, 0.2) is 0 Å². The number of nitrogens with two attached hydrogens (primary N) is 1. The highest BCUT2D eigenvalue weighted by atomic mass is 32.2. The number of nitrogen functional groups attached to an aromatic ring is 1. The van der Waals surface area contributed by atoms with Crippen LogP contribution in [0.5, 0.6) is 0 Å². The molecule has 110 valence electrons. The summed E-state index contributed by atoms with van der Waals surface area (Å²) in [6.45, 7) is 0.233. The Morgan fingerprint density at radius 1 is 1.45 bits per heavy atom. The molecule has 0 aromatic heterocycles. The molecule has 1 aromatic carbocycles. The predicted molar refractivity (Wildman–Crippen MR) is 71.8 cm³/mol. The van der Waals surface area contributed by atoms with E-state index < -0.39 is 21.9 Å². The first-order valence-electron chi connectivity index (χ1n) is 6.16. The zero-order valence-electron chi connectivity index (χ0n) is 11.0. The fourth-order valence-electron chi connectivity index (χ4n) is 2.33. The van der Waals surface area contributed by atoms with Gasteiger partial charge < -0.3 is 11.1 Å². The van der Waals surface area contributed by atoms with Crippen LogP contribution in [-0.2, 0) is 14.8 Å². The minimum Gasteiger partial charge on any atom is -0.399 e. The second kappa shape index (κ2) is 5.37. The van der Waals surface area contributed by atoms with E-state index in [0.717, 1.165) is 16.4 Å². The maximum Gasteiger partial charge on any atom is 0.243 e. The summed E-state index contributed by atoms with van der Waals surface area (Å²) in [6.07, 6.45) is 1.03. The van der Waals surface area contributed by atoms with Crippen molar-refractivity contribution in [3.8, 4) is 0 Å². The zero-order valence-corrected chi connectivity index (χ0v) is 11.8. The number of halogens is 1. The van der Waals surface area contributed by atoms with E-state index >= 15 is 0 Å². The van der Waals surface area contributed by atoms with Gasteiger partial charge in [-0.1, -0.05) is 0 Å². The molecule has 3 N–H and O–H groups in total. The Labute approximate surface area is 116 Å². The molecular weight excluding hydrogens is 285 g/mol. The Hall–Kier alpha value is -1.67. The Bertz CT molecular complexity index is 613. The minimum atomic E-state index is -3.94. The van der Waals surface area contributed by atoms with Crippen LogP contribution in [0.3, 0.4) is 0 Å². The van der Waals surface area contributed by atoms with E-state index in [9.17, 15) is 17.6 Å². The highest BCUT2D eigenvalue weighted by Gasteiger charge is 2.39. The van der Waals surface area contributed by atoms with Crippen LogP contribution in [0.1, 0.15) is 12.8 Å². The molecule has 1 aromatic rings. The lowest BCUT2D eigenvalue weighted by Gasteiger charge is -2.22. The van der Waals surface area contributed by atoms with Gasteiger partial charge in [-0.3, -0.25) is 4.79 Å². The third-order valence-electron chi connectivity index (χ3n) is 3.25. The summed E-state index contributed by atoms with van der Waals surface area (Å²) in [7, 11) is -2.49. The van der Waals surface area contributed by atoms with Crippen molar-refractivity contribution in [2.75, 3.05) is 19.3 Å². The SMILES string of the molecule is CNC(=O)C1CCCN1S(=O)(=O)c1cc(N)cc(F)c1. The third-order valence-corrected chi connectivity index (χ3v) is 5.14. The Balaban J connectivity index is 2.41. The van der Waals surface area contributed by atoms with E-state index in [1.165, 1.54) is 13.1 Å². The van der Waals surface area contributed by atoms with Crippen molar-refractivity contribution < 1.29 is 17.6 Å². The molecule has 6 nitrogen and oxygen atoms in total. The lowest BCUT2D eigenvalue weighted by molar-refractivity contribution is -0.123. The fraction of sp³-hybridized carbons (Fsp3) is 0.417. The van der Waals surface area contributed by atoms with Gasteiger partial charge in [0.05, 0.1) is 4.90 Å². The van der Waals surface area contributed by atoms with Crippen molar-refractivity contribution in [3.05, 3.63) is 24.0 Å². The monoisotopic (exact) mass is 301 g/mol. The summed E-state index contributed by atoms with van der Waals surface area (Å²) in [4.78, 5) is 11.5. The molecule has 1 atom stereocenters. The van der Waals surface area contributed by atoms with Crippen molar-refractivity contribution in [2.45, 2.75) is 23.8 Å². The number of nitrogens with zero attached hydrogens (tertiary/aromatic N) is 1. The van der Waals surface area contributed by atoms with E-state index in [4.69, 9.17) is 5.73 Å². The summed E-state index contributed by atoms with van der Waals surface area (Å²) in [6, 6.07) is 2.39. The first kappa shape index (κ1) is 14.7. The van der Waals surface area contributed by atoms with Crippen molar-refractivity contribution in [3.63, 3.8) is 0 Å². The first-order valence-corrected chi connectivity index (χ1v) is 7.60. The standard InChI is InChI=1S/C12H16FN3O3S/c1-15-12(17)11-3-2-4-16(11)20(18,19)10-6-8(13)5-9(14)7-10/h5-7,11H,2-4,14H2,1H3,(H,15,17). The lowest BCUT2D eigenvalue weighted by Crippen LogP contribution is -2.44. The average molecular weight is 301 g/mol. The quantitative estimate of drug-likeness (QED) is 0.786. The molecule has 8 heteroatoms. The normalized spacial score (nSPS) is 20.0. The fourth-order valence-corrected chi connectivity index (χ4v) is 4.05. The molecule has 20 heavy (non-hydrogen) atoms. The van der Waals surface area contributed by atoms with Gasteiger partial charge in [-0.2, -0.15) is 4.31 Å². The highest BCUT2D eigenvalue weighted by molar-refractivity contribution is 7.89. The van der Waals surface area contributed by atoms with Crippen LogP contribution in [0, 0.1) is 5.82 Å². The lowest BCUT2D eigenvalue weighted by atomic mass is 10.2. The van der Waals surface area contributed by atoms with Gasteiger partial charge in [-0.05, 0) is 31.0 Å². The van der Waals surface area contributed by atoms with Gasteiger partial charge in [-0.25, -0.2) is 12.8 Å². The second-order valence-corrected chi connectivity index (χ2v) is 6.50. The summed E-state index contributed by atoms with van der Waals surface area (Å²) in [5, 5.41) is 2.44. The summed E-state index contributed by atoms with van der Waals surface area (Å²) >= 11 is 0. The van der Waals surface area contributed by atoms with Crippen LogP contribution >= 0.6 is 0 Å². The Morgan fingerprint density at radius 3 is 2.75 bits per heavy atom.